The maximum absolute atomic E-state index is 12.2. The van der Waals surface area contributed by atoms with Gasteiger partial charge in [-0.3, -0.25) is 9.59 Å². The van der Waals surface area contributed by atoms with E-state index in [4.69, 9.17) is 0 Å². The van der Waals surface area contributed by atoms with Crippen molar-refractivity contribution in [1.29, 1.82) is 0 Å². The first-order valence-electron chi connectivity index (χ1n) is 8.34. The normalized spacial score (nSPS) is 12.1. The van der Waals surface area contributed by atoms with E-state index in [0.717, 1.165) is 34.6 Å². The fourth-order valence-electron chi connectivity index (χ4n) is 2.58. The summed E-state index contributed by atoms with van der Waals surface area (Å²) in [7, 11) is 1.86. The van der Waals surface area contributed by atoms with E-state index in [0.29, 0.717) is 6.54 Å². The molecule has 0 aliphatic heterocycles. The van der Waals surface area contributed by atoms with E-state index >= 15 is 0 Å². The third-order valence-corrected chi connectivity index (χ3v) is 4.02. The molecule has 1 unspecified atom stereocenters. The van der Waals surface area contributed by atoms with E-state index in [1.807, 2.05) is 39.1 Å². The fraction of sp³-hybridized carbons (Fsp3) is 0.556. The predicted molar refractivity (Wildman–Crippen MR) is 93.7 cm³/mol. The highest BCUT2D eigenvalue weighted by molar-refractivity contribution is 5.93. The molecule has 5 heteroatoms. The molecule has 128 valence electrons. The quantitative estimate of drug-likeness (QED) is 0.671. The topological polar surface area (TPSA) is 62.6 Å². The van der Waals surface area contributed by atoms with E-state index in [1.165, 1.54) is 0 Å². The summed E-state index contributed by atoms with van der Waals surface area (Å²) in [5, 5.41) is 5.95. The Morgan fingerprint density at radius 3 is 2.09 bits per heavy atom. The number of anilines is 1. The molecule has 0 saturated carbocycles. The van der Waals surface area contributed by atoms with Crippen LogP contribution in [0.25, 0.3) is 0 Å². The third kappa shape index (κ3) is 6.40. The van der Waals surface area contributed by atoms with Crippen molar-refractivity contribution in [3.05, 3.63) is 29.3 Å². The maximum atomic E-state index is 12.2. The number of hydrogen-bond donors (Lipinski definition) is 3. The monoisotopic (exact) mass is 320 g/mol. The van der Waals surface area contributed by atoms with E-state index < -0.39 is 0 Å². The van der Waals surface area contributed by atoms with Crippen LogP contribution < -0.4 is 15.5 Å². The Morgan fingerprint density at radius 2 is 1.57 bits per heavy atom. The summed E-state index contributed by atoms with van der Waals surface area (Å²) in [5.74, 6) is -0.0775. The minimum absolute atomic E-state index is 0.00364. The van der Waals surface area contributed by atoms with Gasteiger partial charge in [0.05, 0.1) is 7.05 Å². The van der Waals surface area contributed by atoms with Gasteiger partial charge in [0.2, 0.25) is 0 Å². The number of benzene rings is 1. The molecule has 1 aromatic rings. The number of nitrogens with one attached hydrogen (secondary N) is 3. The summed E-state index contributed by atoms with van der Waals surface area (Å²) in [5.41, 5.74) is 2.96. The summed E-state index contributed by atoms with van der Waals surface area (Å²) in [4.78, 5) is 25.0. The fourth-order valence-corrected chi connectivity index (χ4v) is 2.58. The number of quaternary nitrogens is 1. The zero-order valence-corrected chi connectivity index (χ0v) is 15.0. The zero-order chi connectivity index (χ0) is 17.4. The lowest BCUT2D eigenvalue weighted by Crippen LogP contribution is -3.11. The molecule has 0 spiro atoms. The van der Waals surface area contributed by atoms with Crippen molar-refractivity contribution >= 4 is 17.5 Å². The first-order chi connectivity index (χ1) is 10.9. The van der Waals surface area contributed by atoms with Gasteiger partial charge in [-0.2, -0.15) is 0 Å². The molecule has 1 atom stereocenters. The zero-order valence-electron chi connectivity index (χ0n) is 15.0. The van der Waals surface area contributed by atoms with Gasteiger partial charge in [-0.1, -0.05) is 32.0 Å². The minimum atomic E-state index is -0.0739. The second-order valence-corrected chi connectivity index (χ2v) is 6.21. The van der Waals surface area contributed by atoms with Crippen LogP contribution in [0.5, 0.6) is 0 Å². The van der Waals surface area contributed by atoms with E-state index in [9.17, 15) is 9.59 Å². The van der Waals surface area contributed by atoms with Gasteiger partial charge in [0.1, 0.15) is 0 Å². The van der Waals surface area contributed by atoms with Gasteiger partial charge < -0.3 is 15.5 Å². The van der Waals surface area contributed by atoms with Crippen LogP contribution in [0.15, 0.2) is 18.2 Å². The summed E-state index contributed by atoms with van der Waals surface area (Å²) >= 11 is 0. The van der Waals surface area contributed by atoms with Crippen LogP contribution in [0, 0.1) is 13.8 Å². The Balaban J connectivity index is 2.49. The first-order valence-corrected chi connectivity index (χ1v) is 8.34. The van der Waals surface area contributed by atoms with Crippen LogP contribution in [0.2, 0.25) is 0 Å². The molecule has 0 aromatic heterocycles. The average molecular weight is 320 g/mol. The standard InChI is InChI=1S/C18H29N3O2/c1-6-15(7-2)19-16(22)11-21(5)12-17(23)20-18-13(3)9-8-10-14(18)4/h8-10,15H,6-7,11-12H2,1-5H3,(H,19,22)(H,20,23)/p+1. The van der Waals surface area contributed by atoms with E-state index in [-0.39, 0.29) is 24.4 Å². The van der Waals surface area contributed by atoms with Crippen LogP contribution in [-0.2, 0) is 9.59 Å². The Bertz CT molecular complexity index is 519. The van der Waals surface area contributed by atoms with Gasteiger partial charge in [-0.15, -0.1) is 0 Å². The number of para-hydroxylation sites is 1. The molecule has 0 fully saturated rings. The Kier molecular flexibility index (Phi) is 7.75. The average Bonchev–Trinajstić information content (AvgIpc) is 2.48. The van der Waals surface area contributed by atoms with Gasteiger partial charge in [0.25, 0.3) is 11.8 Å². The molecule has 0 aliphatic rings. The van der Waals surface area contributed by atoms with E-state index in [1.54, 1.807) is 0 Å². The number of carbonyl (C=O) groups excluding carboxylic acids is 2. The molecule has 0 heterocycles. The summed E-state index contributed by atoms with van der Waals surface area (Å²) in [6.45, 7) is 8.64. The molecule has 0 aliphatic carbocycles. The number of likely N-dealkylation sites (N-methyl/N-ethyl adjacent to an activating group) is 1. The van der Waals surface area contributed by atoms with Crippen molar-refractivity contribution in [1.82, 2.24) is 5.32 Å². The smallest absolute Gasteiger partial charge is 0.279 e. The Hall–Kier alpha value is -1.88. The second-order valence-electron chi connectivity index (χ2n) is 6.21. The summed E-state index contributed by atoms with van der Waals surface area (Å²) in [6, 6.07) is 6.14. The van der Waals surface area contributed by atoms with Crippen molar-refractivity contribution in [2.24, 2.45) is 0 Å². The van der Waals surface area contributed by atoms with Gasteiger partial charge >= 0.3 is 0 Å². The lowest BCUT2D eigenvalue weighted by Gasteiger charge is -2.18. The Labute approximate surface area is 139 Å². The number of amides is 2. The molecular weight excluding hydrogens is 290 g/mol. The molecule has 0 saturated heterocycles. The lowest BCUT2D eigenvalue weighted by atomic mass is 10.1. The molecule has 23 heavy (non-hydrogen) atoms. The molecule has 1 rings (SSSR count). The Morgan fingerprint density at radius 1 is 1.04 bits per heavy atom. The van der Waals surface area contributed by atoms with Crippen LogP contribution in [-0.4, -0.2) is 38.0 Å². The van der Waals surface area contributed by atoms with Crippen LogP contribution in [0.1, 0.15) is 37.8 Å². The second kappa shape index (κ2) is 9.30. The molecule has 3 N–H and O–H groups in total. The van der Waals surface area contributed by atoms with Gasteiger partial charge in [-0.25, -0.2) is 0 Å². The molecule has 5 nitrogen and oxygen atoms in total. The highest BCUT2D eigenvalue weighted by Crippen LogP contribution is 2.18. The predicted octanol–water partition coefficient (Wildman–Crippen LogP) is 1.06. The van der Waals surface area contributed by atoms with Crippen molar-refractivity contribution in [2.75, 3.05) is 25.5 Å². The maximum Gasteiger partial charge on any atom is 0.279 e. The third-order valence-electron chi connectivity index (χ3n) is 4.02. The number of carbonyl (C=O) groups is 2. The SMILES string of the molecule is CCC(CC)NC(=O)C[NH+](C)CC(=O)Nc1c(C)cccc1C. The molecular formula is C18H30N3O2+. The van der Waals surface area contributed by atoms with Crippen molar-refractivity contribution < 1.29 is 14.5 Å². The van der Waals surface area contributed by atoms with Crippen LogP contribution >= 0.6 is 0 Å². The highest BCUT2D eigenvalue weighted by Gasteiger charge is 2.17. The number of rotatable bonds is 8. The minimum Gasteiger partial charge on any atom is -0.349 e. The molecule has 2 amide bonds. The molecule has 1 aromatic carbocycles. The first kappa shape index (κ1) is 19.2. The lowest BCUT2D eigenvalue weighted by molar-refractivity contribution is -0.862. The number of aryl methyl sites for hydroxylation is 2. The molecule has 0 bridgehead atoms. The van der Waals surface area contributed by atoms with Crippen LogP contribution in [0.3, 0.4) is 0 Å². The van der Waals surface area contributed by atoms with Crippen molar-refractivity contribution in [2.45, 2.75) is 46.6 Å². The van der Waals surface area contributed by atoms with Gasteiger partial charge in [0, 0.05) is 11.7 Å². The highest BCUT2D eigenvalue weighted by atomic mass is 16.2. The number of hydrogen-bond acceptors (Lipinski definition) is 2. The largest absolute Gasteiger partial charge is 0.349 e. The van der Waals surface area contributed by atoms with Gasteiger partial charge in [-0.05, 0) is 37.8 Å². The van der Waals surface area contributed by atoms with Crippen LogP contribution in [0.4, 0.5) is 5.69 Å². The van der Waals surface area contributed by atoms with E-state index in [2.05, 4.69) is 24.5 Å². The van der Waals surface area contributed by atoms with Crippen molar-refractivity contribution in [3.8, 4) is 0 Å². The van der Waals surface area contributed by atoms with Gasteiger partial charge in [0.15, 0.2) is 13.1 Å². The molecule has 0 radical (unpaired) electrons. The summed E-state index contributed by atoms with van der Waals surface area (Å²) < 4.78 is 0. The summed E-state index contributed by atoms with van der Waals surface area (Å²) in [6.07, 6.45) is 1.85. The van der Waals surface area contributed by atoms with Crippen molar-refractivity contribution in [3.63, 3.8) is 0 Å².